The topological polar surface area (TPSA) is 61.6 Å². The second-order valence-electron chi connectivity index (χ2n) is 3.80. The van der Waals surface area contributed by atoms with Gasteiger partial charge in [-0.05, 0) is 30.3 Å². The Hall–Kier alpha value is -2.16. The molecule has 6 heteroatoms. The van der Waals surface area contributed by atoms with Crippen molar-refractivity contribution in [2.24, 2.45) is 0 Å². The average Bonchev–Trinajstić information content (AvgIpc) is 2.80. The fourth-order valence-electron chi connectivity index (χ4n) is 1.64. The van der Waals surface area contributed by atoms with E-state index in [0.717, 1.165) is 21.0 Å². The number of rotatable bonds is 2. The van der Waals surface area contributed by atoms with Gasteiger partial charge in [0.25, 0.3) is 0 Å². The van der Waals surface area contributed by atoms with Gasteiger partial charge in [-0.25, -0.2) is 9.97 Å². The predicted octanol–water partition coefficient (Wildman–Crippen LogP) is 3.96. The Kier molecular flexibility index (Phi) is 3.03. The summed E-state index contributed by atoms with van der Waals surface area (Å²) in [5.41, 5.74) is 2.05. The molecule has 0 spiro atoms. The monoisotopic (exact) mass is 286 g/mol. The maximum absolute atomic E-state index is 8.81. The van der Waals surface area contributed by atoms with Gasteiger partial charge in [0.2, 0.25) is 0 Å². The molecule has 0 bridgehead atoms. The molecule has 0 aliphatic rings. The summed E-state index contributed by atoms with van der Waals surface area (Å²) in [6, 6.07) is 11.0. The second kappa shape index (κ2) is 4.84. The highest BCUT2D eigenvalue weighted by Crippen LogP contribution is 2.30. The van der Waals surface area contributed by atoms with Crippen molar-refractivity contribution in [1.29, 1.82) is 5.26 Å². The molecule has 92 valence electrons. The molecule has 1 aromatic carbocycles. The number of hydrogen-bond donors (Lipinski definition) is 1. The Bertz CT molecular complexity index is 791. The van der Waals surface area contributed by atoms with Crippen molar-refractivity contribution in [2.75, 3.05) is 5.32 Å². The second-order valence-corrected chi connectivity index (χ2v) is 5.26. The molecule has 0 saturated carbocycles. The molecule has 0 fully saturated rings. The van der Waals surface area contributed by atoms with Crippen molar-refractivity contribution < 1.29 is 0 Å². The summed E-state index contributed by atoms with van der Waals surface area (Å²) < 4.78 is 1.02. The van der Waals surface area contributed by atoms with Crippen molar-refractivity contribution in [2.45, 2.75) is 0 Å². The maximum atomic E-state index is 8.81. The Morgan fingerprint density at radius 1 is 1.26 bits per heavy atom. The van der Waals surface area contributed by atoms with Crippen LogP contribution in [0, 0.1) is 11.3 Å². The van der Waals surface area contributed by atoms with Gasteiger partial charge in [-0.3, -0.25) is 0 Å². The lowest BCUT2D eigenvalue weighted by Gasteiger charge is -2.00. The molecule has 0 radical (unpaired) electrons. The molecule has 3 aromatic rings. The van der Waals surface area contributed by atoms with E-state index >= 15 is 0 Å². The van der Waals surface area contributed by atoms with Gasteiger partial charge in [0, 0.05) is 16.9 Å². The minimum absolute atomic E-state index is 0.370. The van der Waals surface area contributed by atoms with E-state index < -0.39 is 0 Å². The molecule has 1 N–H and O–H groups in total. The van der Waals surface area contributed by atoms with E-state index in [-0.39, 0.29) is 0 Å². The van der Waals surface area contributed by atoms with Gasteiger partial charge in [0.1, 0.15) is 11.8 Å². The molecule has 2 aromatic heterocycles. The Morgan fingerprint density at radius 3 is 3.00 bits per heavy atom. The van der Waals surface area contributed by atoms with Crippen LogP contribution in [0.5, 0.6) is 0 Å². The van der Waals surface area contributed by atoms with Crippen LogP contribution < -0.4 is 5.32 Å². The third-order valence-corrected chi connectivity index (χ3v) is 3.64. The van der Waals surface area contributed by atoms with Crippen LogP contribution in [-0.2, 0) is 0 Å². The lowest BCUT2D eigenvalue weighted by Crippen LogP contribution is -1.91. The molecule has 0 atom stereocenters. The Balaban J connectivity index is 1.94. The summed E-state index contributed by atoms with van der Waals surface area (Å²) in [6.07, 6.45) is 1.59. The molecule has 0 unspecified atom stereocenters. The van der Waals surface area contributed by atoms with Crippen LogP contribution in [0.25, 0.3) is 10.2 Å². The van der Waals surface area contributed by atoms with Crippen LogP contribution in [0.15, 0.2) is 36.5 Å². The fraction of sp³-hybridized carbons (Fsp3) is 0. The van der Waals surface area contributed by atoms with E-state index in [1.54, 1.807) is 18.3 Å². The summed E-state index contributed by atoms with van der Waals surface area (Å²) in [4.78, 5) is 8.37. The van der Waals surface area contributed by atoms with E-state index in [2.05, 4.69) is 15.3 Å². The van der Waals surface area contributed by atoms with Crippen LogP contribution in [0.3, 0.4) is 0 Å². The SMILES string of the molecule is N#Cc1cc(Nc2nc3ccc(Cl)cc3s2)ccn1. The van der Waals surface area contributed by atoms with E-state index in [9.17, 15) is 0 Å². The molecular formula is C13H7ClN4S. The van der Waals surface area contributed by atoms with E-state index in [1.807, 2.05) is 24.3 Å². The third kappa shape index (κ3) is 2.50. The van der Waals surface area contributed by atoms with Crippen LogP contribution in [-0.4, -0.2) is 9.97 Å². The number of aromatic nitrogens is 2. The van der Waals surface area contributed by atoms with Crippen molar-refractivity contribution >= 4 is 44.0 Å². The van der Waals surface area contributed by atoms with Crippen LogP contribution in [0.4, 0.5) is 10.8 Å². The molecule has 0 saturated heterocycles. The van der Waals surface area contributed by atoms with Gasteiger partial charge in [-0.1, -0.05) is 22.9 Å². The zero-order valence-electron chi connectivity index (χ0n) is 9.59. The van der Waals surface area contributed by atoms with Gasteiger partial charge in [-0.15, -0.1) is 0 Å². The first-order chi connectivity index (χ1) is 9.24. The summed E-state index contributed by atoms with van der Waals surface area (Å²) in [6.45, 7) is 0. The first kappa shape index (κ1) is 11.9. The van der Waals surface area contributed by atoms with Crippen LogP contribution in [0.1, 0.15) is 5.69 Å². The summed E-state index contributed by atoms with van der Waals surface area (Å²) in [7, 11) is 0. The number of anilines is 2. The molecule has 4 nitrogen and oxygen atoms in total. The average molecular weight is 287 g/mol. The number of fused-ring (bicyclic) bond motifs is 1. The molecular weight excluding hydrogens is 280 g/mol. The van der Waals surface area contributed by atoms with Gasteiger partial charge in [-0.2, -0.15) is 5.26 Å². The number of halogens is 1. The molecule has 0 aliphatic carbocycles. The number of hydrogen-bond acceptors (Lipinski definition) is 5. The van der Waals surface area contributed by atoms with Crippen LogP contribution in [0.2, 0.25) is 5.02 Å². The normalized spacial score (nSPS) is 10.3. The minimum atomic E-state index is 0.370. The fourth-order valence-corrected chi connectivity index (χ4v) is 2.81. The predicted molar refractivity (Wildman–Crippen MR) is 76.9 cm³/mol. The van der Waals surface area contributed by atoms with E-state index in [0.29, 0.717) is 10.7 Å². The van der Waals surface area contributed by atoms with Crippen molar-refractivity contribution in [1.82, 2.24) is 9.97 Å². The molecule has 2 heterocycles. The highest BCUT2D eigenvalue weighted by atomic mass is 35.5. The lowest BCUT2D eigenvalue weighted by atomic mass is 10.3. The number of nitriles is 1. The van der Waals surface area contributed by atoms with E-state index in [4.69, 9.17) is 16.9 Å². The van der Waals surface area contributed by atoms with Gasteiger partial charge in [0.05, 0.1) is 10.2 Å². The highest BCUT2D eigenvalue weighted by Gasteiger charge is 2.05. The Labute approximate surface area is 118 Å². The lowest BCUT2D eigenvalue weighted by molar-refractivity contribution is 1.26. The number of benzene rings is 1. The van der Waals surface area contributed by atoms with Gasteiger partial charge in [0.15, 0.2) is 5.13 Å². The van der Waals surface area contributed by atoms with Crippen molar-refractivity contribution in [3.63, 3.8) is 0 Å². The molecule has 19 heavy (non-hydrogen) atoms. The number of pyridine rings is 1. The summed E-state index contributed by atoms with van der Waals surface area (Å²) in [5.74, 6) is 0. The first-order valence-electron chi connectivity index (χ1n) is 5.44. The zero-order chi connectivity index (χ0) is 13.2. The number of nitrogens with one attached hydrogen (secondary N) is 1. The summed E-state index contributed by atoms with van der Waals surface area (Å²) >= 11 is 7.45. The van der Waals surface area contributed by atoms with Crippen LogP contribution >= 0.6 is 22.9 Å². The first-order valence-corrected chi connectivity index (χ1v) is 6.63. The number of nitrogens with zero attached hydrogens (tertiary/aromatic N) is 3. The summed E-state index contributed by atoms with van der Waals surface area (Å²) in [5, 5.41) is 13.4. The smallest absolute Gasteiger partial charge is 0.188 e. The molecule has 0 aliphatic heterocycles. The standard InChI is InChI=1S/C13H7ClN4S/c14-8-1-2-11-12(5-8)19-13(18-11)17-9-3-4-16-10(6-9)7-15/h1-6H,(H,16,17,18). The minimum Gasteiger partial charge on any atom is -0.331 e. The third-order valence-electron chi connectivity index (χ3n) is 2.48. The Morgan fingerprint density at radius 2 is 2.16 bits per heavy atom. The zero-order valence-corrected chi connectivity index (χ0v) is 11.2. The molecule has 3 rings (SSSR count). The largest absolute Gasteiger partial charge is 0.331 e. The van der Waals surface area contributed by atoms with Crippen molar-refractivity contribution in [3.05, 3.63) is 47.2 Å². The number of thiazole rings is 1. The maximum Gasteiger partial charge on any atom is 0.188 e. The van der Waals surface area contributed by atoms with Gasteiger partial charge < -0.3 is 5.32 Å². The van der Waals surface area contributed by atoms with E-state index in [1.165, 1.54) is 11.3 Å². The highest BCUT2D eigenvalue weighted by molar-refractivity contribution is 7.22. The molecule has 0 amide bonds. The quantitative estimate of drug-likeness (QED) is 0.774. The van der Waals surface area contributed by atoms with Crippen molar-refractivity contribution in [3.8, 4) is 6.07 Å². The van der Waals surface area contributed by atoms with Gasteiger partial charge >= 0.3 is 0 Å².